The number of halogens is 3. The second kappa shape index (κ2) is 8.69. The number of nitrogens with one attached hydrogen (secondary N) is 1. The van der Waals surface area contributed by atoms with Gasteiger partial charge in [0, 0.05) is 5.56 Å². The molecule has 0 saturated carbocycles. The van der Waals surface area contributed by atoms with Gasteiger partial charge in [0.2, 0.25) is 0 Å². The van der Waals surface area contributed by atoms with E-state index in [1.807, 2.05) is 18.3 Å². The number of aromatic nitrogens is 2. The van der Waals surface area contributed by atoms with Gasteiger partial charge in [-0.1, -0.05) is 18.5 Å². The Morgan fingerprint density at radius 3 is 2.67 bits per heavy atom. The number of thiazole rings is 1. The van der Waals surface area contributed by atoms with Gasteiger partial charge in [-0.15, -0.1) is 11.3 Å². The highest BCUT2D eigenvalue weighted by Gasteiger charge is 2.37. The average molecular weight is 401 g/mol. The van der Waals surface area contributed by atoms with Crippen LogP contribution in [-0.4, -0.2) is 28.3 Å². The van der Waals surface area contributed by atoms with Crippen molar-refractivity contribution in [2.24, 2.45) is 0 Å². The Labute approximate surface area is 159 Å². The van der Waals surface area contributed by atoms with Gasteiger partial charge in [-0.25, -0.2) is 4.98 Å². The maximum absolute atomic E-state index is 12.6. The van der Waals surface area contributed by atoms with E-state index in [-0.39, 0.29) is 4.88 Å². The predicted octanol–water partition coefficient (Wildman–Crippen LogP) is 4.94. The Morgan fingerprint density at radius 2 is 2.04 bits per heavy atom. The third-order valence-corrected chi connectivity index (χ3v) is 5.12. The predicted molar refractivity (Wildman–Crippen MR) is 98.6 cm³/mol. The molecular formula is C18H22F3N3O2S. The van der Waals surface area contributed by atoms with Crippen LogP contribution in [0.25, 0.3) is 12.2 Å². The summed E-state index contributed by atoms with van der Waals surface area (Å²) >= 11 is 1.04. The monoisotopic (exact) mass is 401 g/mol. The van der Waals surface area contributed by atoms with Gasteiger partial charge in [-0.05, 0) is 45.8 Å². The van der Waals surface area contributed by atoms with Crippen molar-refractivity contribution in [2.75, 3.05) is 0 Å². The molecule has 0 radical (unpaired) electrons. The summed E-state index contributed by atoms with van der Waals surface area (Å²) in [5.41, 5.74) is 2.11. The lowest BCUT2D eigenvalue weighted by Crippen LogP contribution is -2.43. The number of hydrogen-bond acceptors (Lipinski definition) is 5. The van der Waals surface area contributed by atoms with E-state index in [1.54, 1.807) is 13.0 Å². The van der Waals surface area contributed by atoms with Crippen LogP contribution in [0.1, 0.15) is 64.1 Å². The fourth-order valence-electron chi connectivity index (χ4n) is 2.36. The van der Waals surface area contributed by atoms with Crippen molar-refractivity contribution in [3.8, 4) is 0 Å². The molecule has 0 aromatic carbocycles. The largest absolute Gasteiger partial charge is 0.408 e. The van der Waals surface area contributed by atoms with Crippen LogP contribution in [0, 0.1) is 13.8 Å². The summed E-state index contributed by atoms with van der Waals surface area (Å²) in [5, 5.41) is 6.54. The third kappa shape index (κ3) is 5.41. The van der Waals surface area contributed by atoms with Gasteiger partial charge in [0.05, 0.1) is 11.4 Å². The highest BCUT2D eigenvalue weighted by molar-refractivity contribution is 7.14. The minimum atomic E-state index is -4.49. The smallest absolute Gasteiger partial charge is 0.361 e. The average Bonchev–Trinajstić information content (AvgIpc) is 3.12. The molecule has 0 aliphatic carbocycles. The molecule has 27 heavy (non-hydrogen) atoms. The Morgan fingerprint density at radius 1 is 1.33 bits per heavy atom. The van der Waals surface area contributed by atoms with E-state index in [2.05, 4.69) is 17.1 Å². The number of carbonyl (C=O) groups is 1. The first kappa shape index (κ1) is 21.1. The summed E-state index contributed by atoms with van der Waals surface area (Å²) in [7, 11) is 0. The van der Waals surface area contributed by atoms with Gasteiger partial charge in [-0.3, -0.25) is 4.79 Å². The summed E-state index contributed by atoms with van der Waals surface area (Å²) in [4.78, 5) is 16.5. The van der Waals surface area contributed by atoms with Crippen LogP contribution in [0.2, 0.25) is 0 Å². The molecule has 0 saturated heterocycles. The molecule has 9 heteroatoms. The zero-order chi connectivity index (χ0) is 20.2. The molecule has 2 rings (SSSR count). The number of nitrogens with zero attached hydrogens (tertiary/aromatic N) is 2. The highest BCUT2D eigenvalue weighted by atomic mass is 32.1. The SMILES string of the molecule is CCCCc1noc(C)c1/C=C/c1nc(C)c(C(=O)NC(C)C(F)(F)F)s1. The molecule has 0 spiro atoms. The Kier molecular flexibility index (Phi) is 6.80. The number of aryl methyl sites for hydroxylation is 3. The lowest BCUT2D eigenvalue weighted by molar-refractivity contribution is -0.149. The van der Waals surface area contributed by atoms with Crippen LogP contribution in [0.4, 0.5) is 13.2 Å². The highest BCUT2D eigenvalue weighted by Crippen LogP contribution is 2.24. The molecule has 1 N–H and O–H groups in total. The maximum Gasteiger partial charge on any atom is 0.408 e. The van der Waals surface area contributed by atoms with Gasteiger partial charge in [-0.2, -0.15) is 13.2 Å². The van der Waals surface area contributed by atoms with E-state index in [1.165, 1.54) is 0 Å². The summed E-state index contributed by atoms with van der Waals surface area (Å²) in [6, 6.07) is -1.92. The molecule has 0 aliphatic heterocycles. The molecule has 0 bridgehead atoms. The molecule has 2 aromatic rings. The number of unbranched alkanes of at least 4 members (excludes halogenated alkanes) is 1. The molecular weight excluding hydrogens is 379 g/mol. The van der Waals surface area contributed by atoms with Crippen molar-refractivity contribution < 1.29 is 22.5 Å². The number of amides is 1. The van der Waals surface area contributed by atoms with E-state index in [0.29, 0.717) is 16.5 Å². The second-order valence-corrected chi connectivity index (χ2v) is 7.27. The van der Waals surface area contributed by atoms with Crippen LogP contribution in [0.15, 0.2) is 4.52 Å². The van der Waals surface area contributed by atoms with E-state index in [9.17, 15) is 18.0 Å². The Hall–Kier alpha value is -2.16. The number of hydrogen-bond donors (Lipinski definition) is 1. The summed E-state index contributed by atoms with van der Waals surface area (Å²) in [5.74, 6) is -0.0955. The van der Waals surface area contributed by atoms with Crippen LogP contribution in [0.5, 0.6) is 0 Å². The third-order valence-electron chi connectivity index (χ3n) is 4.00. The maximum atomic E-state index is 12.6. The first-order chi connectivity index (χ1) is 12.6. The molecule has 1 atom stereocenters. The molecule has 2 aromatic heterocycles. The Balaban J connectivity index is 2.16. The topological polar surface area (TPSA) is 68.0 Å². The minimum absolute atomic E-state index is 0.166. The van der Waals surface area contributed by atoms with E-state index >= 15 is 0 Å². The summed E-state index contributed by atoms with van der Waals surface area (Å²) in [6.07, 6.45) is 1.87. The van der Waals surface area contributed by atoms with Gasteiger partial charge in [0.15, 0.2) is 0 Å². The van der Waals surface area contributed by atoms with Gasteiger partial charge < -0.3 is 9.84 Å². The van der Waals surface area contributed by atoms with Crippen molar-refractivity contribution in [3.63, 3.8) is 0 Å². The van der Waals surface area contributed by atoms with Crippen LogP contribution >= 0.6 is 11.3 Å². The fraction of sp³-hybridized carbons (Fsp3) is 0.500. The molecule has 2 heterocycles. The van der Waals surface area contributed by atoms with E-state index in [0.717, 1.165) is 48.8 Å². The zero-order valence-electron chi connectivity index (χ0n) is 15.6. The normalized spacial score (nSPS) is 13.3. The van der Waals surface area contributed by atoms with Crippen molar-refractivity contribution in [1.29, 1.82) is 0 Å². The fourth-order valence-corrected chi connectivity index (χ4v) is 3.23. The van der Waals surface area contributed by atoms with Crippen LogP contribution < -0.4 is 5.32 Å². The van der Waals surface area contributed by atoms with Gasteiger partial charge in [0.25, 0.3) is 5.91 Å². The summed E-state index contributed by atoms with van der Waals surface area (Å²) < 4.78 is 43.1. The molecule has 1 unspecified atom stereocenters. The lowest BCUT2D eigenvalue weighted by atomic mass is 10.1. The lowest BCUT2D eigenvalue weighted by Gasteiger charge is -2.16. The van der Waals surface area contributed by atoms with Crippen molar-refractivity contribution >= 4 is 29.4 Å². The number of rotatable bonds is 7. The second-order valence-electron chi connectivity index (χ2n) is 6.24. The Bertz CT molecular complexity index is 824. The van der Waals surface area contributed by atoms with E-state index < -0.39 is 18.1 Å². The molecule has 1 amide bonds. The first-order valence-corrected chi connectivity index (χ1v) is 9.43. The number of carbonyl (C=O) groups excluding carboxylic acids is 1. The van der Waals surface area contributed by atoms with Gasteiger partial charge in [0.1, 0.15) is 21.7 Å². The molecule has 0 fully saturated rings. The van der Waals surface area contributed by atoms with Crippen LogP contribution in [-0.2, 0) is 6.42 Å². The molecule has 148 valence electrons. The van der Waals surface area contributed by atoms with Crippen LogP contribution in [0.3, 0.4) is 0 Å². The van der Waals surface area contributed by atoms with Crippen molar-refractivity contribution in [3.05, 3.63) is 32.6 Å². The van der Waals surface area contributed by atoms with Gasteiger partial charge >= 0.3 is 6.18 Å². The number of alkyl halides is 3. The zero-order valence-corrected chi connectivity index (χ0v) is 16.4. The minimum Gasteiger partial charge on any atom is -0.361 e. The van der Waals surface area contributed by atoms with Crippen molar-refractivity contribution in [2.45, 2.75) is 59.2 Å². The quantitative estimate of drug-likeness (QED) is 0.713. The van der Waals surface area contributed by atoms with Crippen molar-refractivity contribution in [1.82, 2.24) is 15.5 Å². The standard InChI is InChI=1S/C18H22F3N3O2S/c1-5-6-7-14-13(11(3)26-24-14)8-9-15-22-10(2)16(27-15)17(25)23-12(4)18(19,20)21/h8-9,12H,5-7H2,1-4H3,(H,23,25)/b9-8+. The molecule has 0 aliphatic rings. The first-order valence-electron chi connectivity index (χ1n) is 8.61. The molecule has 5 nitrogen and oxygen atoms in total. The summed E-state index contributed by atoms with van der Waals surface area (Å²) in [6.45, 7) is 6.40. The van der Waals surface area contributed by atoms with E-state index in [4.69, 9.17) is 4.52 Å².